The van der Waals surface area contributed by atoms with Crippen molar-refractivity contribution < 1.29 is 13.2 Å². The average Bonchev–Trinajstić information content (AvgIpc) is 2.25. The molecule has 0 amide bonds. The molecule has 114 valence electrons. The third-order valence-electron chi connectivity index (χ3n) is 2.56. The fourth-order valence-corrected chi connectivity index (χ4v) is 5.62. The summed E-state index contributed by atoms with van der Waals surface area (Å²) in [5.41, 5.74) is 0. The van der Waals surface area contributed by atoms with Gasteiger partial charge in [-0.25, -0.2) is 8.42 Å². The van der Waals surface area contributed by atoms with Crippen molar-refractivity contribution in [3.63, 3.8) is 0 Å². The van der Waals surface area contributed by atoms with Gasteiger partial charge in [0.25, 0.3) is 0 Å². The lowest BCUT2D eigenvalue weighted by molar-refractivity contribution is 0.250. The highest BCUT2D eigenvalue weighted by Crippen LogP contribution is 2.36. The van der Waals surface area contributed by atoms with E-state index in [1.165, 1.54) is 0 Å². The summed E-state index contributed by atoms with van der Waals surface area (Å²) in [6, 6.07) is 3.74. The van der Waals surface area contributed by atoms with Crippen molar-refractivity contribution in [2.75, 3.05) is 12.4 Å². The molecule has 1 rings (SSSR count). The molecule has 0 heterocycles. The van der Waals surface area contributed by atoms with E-state index in [4.69, 9.17) is 15.4 Å². The van der Waals surface area contributed by atoms with Crippen LogP contribution in [0.15, 0.2) is 25.6 Å². The Kier molecular flexibility index (Phi) is 7.84. The summed E-state index contributed by atoms with van der Waals surface area (Å²) in [7, 11) is 1.81. The molecule has 1 unspecified atom stereocenters. The van der Waals surface area contributed by atoms with Gasteiger partial charge in [0, 0.05) is 21.1 Å². The van der Waals surface area contributed by atoms with Crippen molar-refractivity contribution in [3.8, 4) is 5.75 Å². The topological polar surface area (TPSA) is 43.4 Å². The molecule has 0 saturated heterocycles. The Morgan fingerprint density at radius 1 is 1.25 bits per heavy atom. The summed E-state index contributed by atoms with van der Waals surface area (Å²) < 4.78 is 30.6. The highest BCUT2D eigenvalue weighted by atomic mass is 79.9. The Bertz CT molecular complexity index is 540. The minimum atomic E-state index is -3.52. The monoisotopic (exact) mass is 510 g/mol. The Morgan fingerprint density at radius 3 is 2.25 bits per heavy atom. The first-order valence-corrected chi connectivity index (χ1v) is 10.8. The quantitative estimate of drug-likeness (QED) is 0.463. The molecule has 0 spiro atoms. The van der Waals surface area contributed by atoms with E-state index in [0.717, 1.165) is 26.3 Å². The van der Waals surface area contributed by atoms with Gasteiger partial charge in [-0.2, -0.15) is 0 Å². The Balaban J connectivity index is 2.77. The molecular weight excluding hydrogens is 499 g/mol. The van der Waals surface area contributed by atoms with E-state index < -0.39 is 9.05 Å². The third-order valence-corrected chi connectivity index (χ3v) is 5.44. The van der Waals surface area contributed by atoms with Crippen LogP contribution in [0, 0.1) is 5.92 Å². The van der Waals surface area contributed by atoms with Gasteiger partial charge >= 0.3 is 0 Å². The van der Waals surface area contributed by atoms with Gasteiger partial charge < -0.3 is 4.74 Å². The van der Waals surface area contributed by atoms with E-state index in [0.29, 0.717) is 12.4 Å². The number of rotatable bonds is 7. The van der Waals surface area contributed by atoms with Crippen LogP contribution in [0.25, 0.3) is 0 Å². The summed E-state index contributed by atoms with van der Waals surface area (Å²) in [6.07, 6.45) is 1.63. The zero-order valence-corrected chi connectivity index (χ0v) is 17.0. The van der Waals surface area contributed by atoms with Gasteiger partial charge in [0.15, 0.2) is 0 Å². The van der Waals surface area contributed by atoms with Crippen molar-refractivity contribution in [1.82, 2.24) is 0 Å². The highest BCUT2D eigenvalue weighted by Gasteiger charge is 2.18. The zero-order valence-electron chi connectivity index (χ0n) is 10.7. The van der Waals surface area contributed by atoms with Crippen LogP contribution in [0.5, 0.6) is 5.75 Å². The molecule has 0 saturated carbocycles. The molecule has 0 aliphatic rings. The predicted octanol–water partition coefficient (Wildman–Crippen LogP) is 5.34. The van der Waals surface area contributed by atoms with Gasteiger partial charge in [-0.1, -0.05) is 29.3 Å². The average molecular weight is 513 g/mol. The van der Waals surface area contributed by atoms with E-state index in [2.05, 4.69) is 47.8 Å². The first-order chi connectivity index (χ1) is 9.23. The summed E-state index contributed by atoms with van der Waals surface area (Å²) in [4.78, 5) is 0. The van der Waals surface area contributed by atoms with Crippen LogP contribution >= 0.6 is 58.5 Å². The molecule has 0 aromatic heterocycles. The van der Waals surface area contributed by atoms with Crippen molar-refractivity contribution in [3.05, 3.63) is 25.6 Å². The van der Waals surface area contributed by atoms with Gasteiger partial charge in [0.2, 0.25) is 9.05 Å². The van der Waals surface area contributed by atoms with E-state index >= 15 is 0 Å². The Labute approximate surface area is 149 Å². The van der Waals surface area contributed by atoms with E-state index in [1.807, 2.05) is 19.1 Å². The number of halogens is 4. The number of hydrogen-bond donors (Lipinski definition) is 0. The predicted molar refractivity (Wildman–Crippen MR) is 93.1 cm³/mol. The van der Waals surface area contributed by atoms with E-state index in [9.17, 15) is 8.42 Å². The van der Waals surface area contributed by atoms with Crippen LogP contribution in [0.4, 0.5) is 0 Å². The summed E-state index contributed by atoms with van der Waals surface area (Å²) in [5, 5.41) is 0. The molecule has 1 aromatic rings. The second kappa shape index (κ2) is 8.36. The normalized spacial score (nSPS) is 13.2. The molecule has 1 aromatic carbocycles. The third kappa shape index (κ3) is 6.64. The van der Waals surface area contributed by atoms with Crippen LogP contribution in [-0.4, -0.2) is 20.8 Å². The molecule has 8 heteroatoms. The number of benzene rings is 1. The van der Waals surface area contributed by atoms with Gasteiger partial charge in [-0.3, -0.25) is 0 Å². The molecule has 0 N–H and O–H groups in total. The fourth-order valence-electron chi connectivity index (χ4n) is 1.77. The van der Waals surface area contributed by atoms with Crippen LogP contribution in [-0.2, 0) is 9.05 Å². The zero-order chi connectivity index (χ0) is 15.3. The minimum absolute atomic E-state index is 0.0752. The maximum atomic E-state index is 11.2. The van der Waals surface area contributed by atoms with E-state index in [-0.39, 0.29) is 11.7 Å². The molecule has 0 bridgehead atoms. The van der Waals surface area contributed by atoms with Gasteiger partial charge in [-0.05, 0) is 50.4 Å². The molecule has 20 heavy (non-hydrogen) atoms. The first-order valence-electron chi connectivity index (χ1n) is 5.92. The number of hydrogen-bond acceptors (Lipinski definition) is 3. The smallest absolute Gasteiger partial charge is 0.232 e. The van der Waals surface area contributed by atoms with E-state index in [1.54, 1.807) is 0 Å². The summed E-state index contributed by atoms with van der Waals surface area (Å²) in [6.45, 7) is 2.30. The largest absolute Gasteiger partial charge is 0.491 e. The minimum Gasteiger partial charge on any atom is -0.491 e. The lowest BCUT2D eigenvalue weighted by Gasteiger charge is -2.17. The molecule has 3 nitrogen and oxygen atoms in total. The second-order valence-corrected chi connectivity index (χ2v) is 9.82. The van der Waals surface area contributed by atoms with Crippen molar-refractivity contribution >= 4 is 67.5 Å². The van der Waals surface area contributed by atoms with Crippen molar-refractivity contribution in [2.45, 2.75) is 19.8 Å². The molecular formula is C12H14Br3ClO3S. The summed E-state index contributed by atoms with van der Waals surface area (Å²) >= 11 is 10.2. The molecule has 0 aliphatic heterocycles. The second-order valence-electron chi connectivity index (χ2n) is 4.37. The number of ether oxygens (including phenoxy) is 1. The van der Waals surface area contributed by atoms with Crippen molar-refractivity contribution in [2.24, 2.45) is 5.92 Å². The lowest BCUT2D eigenvalue weighted by atomic mass is 10.1. The van der Waals surface area contributed by atoms with Crippen LogP contribution in [0.3, 0.4) is 0 Å². The first kappa shape index (κ1) is 18.7. The SMILES string of the molecule is CCCC(COc1c(Br)cc(Br)cc1Br)CS(=O)(=O)Cl. The van der Waals surface area contributed by atoms with Crippen molar-refractivity contribution in [1.29, 1.82) is 0 Å². The highest BCUT2D eigenvalue weighted by molar-refractivity contribution is 9.11. The van der Waals surface area contributed by atoms with Crippen LogP contribution in [0.2, 0.25) is 0 Å². The summed E-state index contributed by atoms with van der Waals surface area (Å²) in [5.74, 6) is 0.458. The van der Waals surface area contributed by atoms with Gasteiger partial charge in [-0.15, -0.1) is 0 Å². The van der Waals surface area contributed by atoms with Gasteiger partial charge in [0.05, 0.1) is 21.3 Å². The molecule has 0 radical (unpaired) electrons. The van der Waals surface area contributed by atoms with Crippen LogP contribution in [0.1, 0.15) is 19.8 Å². The maximum Gasteiger partial charge on any atom is 0.232 e. The molecule has 0 aliphatic carbocycles. The maximum absolute atomic E-state index is 11.2. The standard InChI is InChI=1S/C12H14Br3ClO3S/c1-2-3-8(7-20(16,17)18)6-19-12-10(14)4-9(13)5-11(12)15/h4-5,8H,2-3,6-7H2,1H3. The Hall–Kier alpha value is 0.700. The molecule has 0 fully saturated rings. The van der Waals surface area contributed by atoms with Crippen LogP contribution < -0.4 is 4.74 Å². The molecule has 1 atom stereocenters. The fraction of sp³-hybridized carbons (Fsp3) is 0.500. The lowest BCUT2D eigenvalue weighted by Crippen LogP contribution is -2.19. The van der Waals surface area contributed by atoms with Gasteiger partial charge in [0.1, 0.15) is 5.75 Å². The Morgan fingerprint density at radius 2 is 1.80 bits per heavy atom.